The minimum absolute atomic E-state index is 0.0758. The van der Waals surface area contributed by atoms with E-state index in [2.05, 4.69) is 106 Å². The lowest BCUT2D eigenvalue weighted by atomic mass is 9.76. The normalized spacial score (nSPS) is 25.3. The van der Waals surface area contributed by atoms with Crippen LogP contribution < -0.4 is 10.9 Å². The fourth-order valence-corrected chi connectivity index (χ4v) is 5.06. The number of fused-ring (bicyclic) bond motifs is 3. The second-order valence-corrected chi connectivity index (χ2v) is 12.4. The second-order valence-electron chi connectivity index (χ2n) is 12.4. The summed E-state index contributed by atoms with van der Waals surface area (Å²) in [5, 5.41) is 0. The molecule has 1 aliphatic carbocycles. The van der Waals surface area contributed by atoms with E-state index in [4.69, 9.17) is 18.6 Å². The van der Waals surface area contributed by atoms with E-state index >= 15 is 0 Å². The van der Waals surface area contributed by atoms with Crippen molar-refractivity contribution in [2.75, 3.05) is 0 Å². The molecule has 0 N–H and O–H groups in total. The van der Waals surface area contributed by atoms with Gasteiger partial charge in [-0.3, -0.25) is 0 Å². The van der Waals surface area contributed by atoms with E-state index in [0.717, 1.165) is 10.9 Å². The van der Waals surface area contributed by atoms with Crippen molar-refractivity contribution in [3.8, 4) is 11.1 Å². The third kappa shape index (κ3) is 3.29. The maximum atomic E-state index is 6.34. The van der Waals surface area contributed by atoms with Crippen molar-refractivity contribution in [2.24, 2.45) is 0 Å². The summed E-state index contributed by atoms with van der Waals surface area (Å²) >= 11 is 0. The van der Waals surface area contributed by atoms with Gasteiger partial charge < -0.3 is 18.6 Å². The summed E-state index contributed by atoms with van der Waals surface area (Å²) in [4.78, 5) is 0. The van der Waals surface area contributed by atoms with Crippen molar-refractivity contribution in [3.05, 3.63) is 47.5 Å². The van der Waals surface area contributed by atoms with Crippen LogP contribution in [0, 0.1) is 0 Å². The Kier molecular flexibility index (Phi) is 4.74. The van der Waals surface area contributed by atoms with Crippen molar-refractivity contribution < 1.29 is 18.6 Å². The Morgan fingerprint density at radius 2 is 0.788 bits per heavy atom. The minimum atomic E-state index is -0.376. The van der Waals surface area contributed by atoms with E-state index in [1.807, 2.05) is 0 Å². The smallest absolute Gasteiger partial charge is 0.399 e. The molecule has 174 valence electrons. The molecule has 2 aromatic rings. The third-order valence-corrected chi connectivity index (χ3v) is 8.77. The first-order valence-electron chi connectivity index (χ1n) is 12.1. The monoisotopic (exact) mass is 446 g/mol. The van der Waals surface area contributed by atoms with Crippen molar-refractivity contribution >= 4 is 25.2 Å². The van der Waals surface area contributed by atoms with Gasteiger partial charge in [0.05, 0.1) is 22.4 Å². The van der Waals surface area contributed by atoms with Crippen LogP contribution in [0.3, 0.4) is 0 Å². The van der Waals surface area contributed by atoms with Gasteiger partial charge in [-0.05, 0) is 88.6 Å². The highest BCUT2D eigenvalue weighted by Gasteiger charge is 2.53. The molecule has 2 saturated heterocycles. The van der Waals surface area contributed by atoms with Gasteiger partial charge >= 0.3 is 14.2 Å². The van der Waals surface area contributed by atoms with Crippen LogP contribution in [0.15, 0.2) is 36.4 Å². The van der Waals surface area contributed by atoms with E-state index in [0.29, 0.717) is 0 Å². The molecule has 0 bridgehead atoms. The molecule has 0 atom stereocenters. The zero-order chi connectivity index (χ0) is 24.2. The van der Waals surface area contributed by atoms with Gasteiger partial charge in [-0.1, -0.05) is 50.2 Å². The Hall–Kier alpha value is -1.59. The molecule has 4 nitrogen and oxygen atoms in total. The quantitative estimate of drug-likeness (QED) is 0.633. The van der Waals surface area contributed by atoms with Crippen molar-refractivity contribution in [1.29, 1.82) is 0 Å². The lowest BCUT2D eigenvalue weighted by molar-refractivity contribution is 0.00578. The molecule has 2 aliphatic heterocycles. The van der Waals surface area contributed by atoms with Crippen molar-refractivity contribution in [3.63, 3.8) is 0 Å². The van der Waals surface area contributed by atoms with Gasteiger partial charge in [-0.15, -0.1) is 0 Å². The van der Waals surface area contributed by atoms with Crippen LogP contribution in [0.4, 0.5) is 0 Å². The summed E-state index contributed by atoms with van der Waals surface area (Å²) < 4.78 is 25.4. The largest absolute Gasteiger partial charge is 0.494 e. The molecule has 0 spiro atoms. The summed E-state index contributed by atoms with van der Waals surface area (Å²) in [5.74, 6) is 0. The minimum Gasteiger partial charge on any atom is -0.399 e. The lowest BCUT2D eigenvalue weighted by Gasteiger charge is -2.32. The molecule has 0 amide bonds. The van der Waals surface area contributed by atoms with Gasteiger partial charge in [-0.2, -0.15) is 0 Å². The second kappa shape index (κ2) is 6.75. The fraction of sp³-hybridized carbons (Fsp3) is 0.556. The molecule has 2 heterocycles. The molecular formula is C27H36B2O4. The van der Waals surface area contributed by atoms with Crippen LogP contribution in [0.5, 0.6) is 0 Å². The Morgan fingerprint density at radius 1 is 0.485 bits per heavy atom. The zero-order valence-electron chi connectivity index (χ0n) is 21.8. The zero-order valence-corrected chi connectivity index (χ0v) is 21.8. The van der Waals surface area contributed by atoms with Crippen LogP contribution in [0.2, 0.25) is 0 Å². The summed E-state index contributed by atoms with van der Waals surface area (Å²) in [7, 11) is -0.752. The van der Waals surface area contributed by atoms with E-state index in [1.54, 1.807) is 0 Å². The number of rotatable bonds is 2. The molecule has 2 fully saturated rings. The van der Waals surface area contributed by atoms with Gasteiger partial charge in [0.1, 0.15) is 0 Å². The Labute approximate surface area is 199 Å². The number of benzene rings is 2. The highest BCUT2D eigenvalue weighted by molar-refractivity contribution is 6.63. The molecule has 0 saturated carbocycles. The van der Waals surface area contributed by atoms with Gasteiger partial charge in [0.2, 0.25) is 0 Å². The molecule has 0 unspecified atom stereocenters. The number of hydrogen-bond donors (Lipinski definition) is 0. The summed E-state index contributed by atoms with van der Waals surface area (Å²) in [6, 6.07) is 13.3. The SMILES string of the molecule is CC1(C)c2ccc(B3OC(C)(C)C(C)(C)O3)cc2-c2cc(B3OC(C)(C)C(C)(C)O3)ccc21. The fourth-order valence-electron chi connectivity index (χ4n) is 5.06. The topological polar surface area (TPSA) is 36.9 Å². The predicted octanol–water partition coefficient (Wildman–Crippen LogP) is 4.59. The molecule has 33 heavy (non-hydrogen) atoms. The van der Waals surface area contributed by atoms with Gasteiger partial charge in [0.15, 0.2) is 0 Å². The predicted molar refractivity (Wildman–Crippen MR) is 135 cm³/mol. The maximum absolute atomic E-state index is 6.34. The standard InChI is InChI=1S/C27H36B2O4/c1-23(2)21-13-11-17(28-30-24(3,4)25(5,6)31-28)15-19(21)20-16-18(12-14-22(20)23)29-32-26(7,8)27(9,10)33-29/h11-16H,1-10H3. The summed E-state index contributed by atoms with van der Waals surface area (Å²) in [5.41, 5.74) is 5.70. The van der Waals surface area contributed by atoms with Gasteiger partial charge in [0, 0.05) is 5.41 Å². The number of hydrogen-bond acceptors (Lipinski definition) is 4. The van der Waals surface area contributed by atoms with Gasteiger partial charge in [0.25, 0.3) is 0 Å². The van der Waals surface area contributed by atoms with Crippen LogP contribution in [-0.4, -0.2) is 36.6 Å². The average Bonchev–Trinajstić information content (AvgIpc) is 3.16. The average molecular weight is 446 g/mol. The molecule has 6 heteroatoms. The van der Waals surface area contributed by atoms with Crippen LogP contribution in [0.1, 0.15) is 80.4 Å². The first kappa shape index (κ1) is 23.2. The van der Waals surface area contributed by atoms with Crippen LogP contribution >= 0.6 is 0 Å². The molecule has 0 radical (unpaired) electrons. The molecular weight excluding hydrogens is 410 g/mol. The van der Waals surface area contributed by atoms with E-state index in [1.165, 1.54) is 22.3 Å². The Morgan fingerprint density at radius 3 is 1.09 bits per heavy atom. The summed E-state index contributed by atoms with van der Waals surface area (Å²) in [6.45, 7) is 21.3. The molecule has 3 aliphatic rings. The molecule has 2 aromatic carbocycles. The molecule has 0 aromatic heterocycles. The van der Waals surface area contributed by atoms with Crippen LogP contribution in [-0.2, 0) is 24.0 Å². The highest BCUT2D eigenvalue weighted by atomic mass is 16.7. The first-order chi connectivity index (χ1) is 15.1. The van der Waals surface area contributed by atoms with E-state index in [-0.39, 0.29) is 42.1 Å². The van der Waals surface area contributed by atoms with Crippen LogP contribution in [0.25, 0.3) is 11.1 Å². The Bertz CT molecular complexity index is 1010. The van der Waals surface area contributed by atoms with E-state index < -0.39 is 0 Å². The van der Waals surface area contributed by atoms with Crippen molar-refractivity contribution in [2.45, 2.75) is 97.1 Å². The highest BCUT2D eigenvalue weighted by Crippen LogP contribution is 2.48. The lowest BCUT2D eigenvalue weighted by Crippen LogP contribution is -2.41. The third-order valence-electron chi connectivity index (χ3n) is 8.77. The van der Waals surface area contributed by atoms with Gasteiger partial charge in [-0.25, -0.2) is 0 Å². The first-order valence-corrected chi connectivity index (χ1v) is 12.1. The van der Waals surface area contributed by atoms with E-state index in [9.17, 15) is 0 Å². The van der Waals surface area contributed by atoms with Crippen molar-refractivity contribution in [1.82, 2.24) is 0 Å². The Balaban J connectivity index is 1.55. The molecule has 5 rings (SSSR count). The summed E-state index contributed by atoms with van der Waals surface area (Å²) in [6.07, 6.45) is 0. The maximum Gasteiger partial charge on any atom is 0.494 e.